The molecule has 0 bridgehead atoms. The molecule has 7 nitrogen and oxygen atoms in total. The van der Waals surface area contributed by atoms with E-state index in [1.807, 2.05) is 20.8 Å². The highest BCUT2D eigenvalue weighted by molar-refractivity contribution is 5.37. The summed E-state index contributed by atoms with van der Waals surface area (Å²) in [5.74, 6) is 0.359. The molecule has 0 aliphatic heterocycles. The van der Waals surface area contributed by atoms with Crippen LogP contribution in [0, 0.1) is 30.9 Å². The molecule has 2 aromatic rings. The summed E-state index contributed by atoms with van der Waals surface area (Å²) in [6, 6.07) is 5.89. The third-order valence-corrected chi connectivity index (χ3v) is 3.60. The highest BCUT2D eigenvalue weighted by atomic mass is 16.6. The lowest BCUT2D eigenvalue weighted by atomic mass is 10.2. The van der Waals surface area contributed by atoms with Crippen LogP contribution in [0.4, 0.5) is 5.69 Å². The number of benzene rings is 1. The number of hydrogen-bond donors (Lipinski definition) is 1. The highest BCUT2D eigenvalue weighted by Gasteiger charge is 2.13. The zero-order valence-electron chi connectivity index (χ0n) is 12.8. The quantitative estimate of drug-likeness (QED) is 0.652. The highest BCUT2D eigenvalue weighted by Crippen LogP contribution is 2.19. The predicted octanol–water partition coefficient (Wildman–Crippen LogP) is 2.16. The van der Waals surface area contributed by atoms with Crippen molar-refractivity contribution in [2.24, 2.45) is 0 Å². The zero-order valence-corrected chi connectivity index (χ0v) is 12.8. The van der Waals surface area contributed by atoms with Gasteiger partial charge in [0.15, 0.2) is 0 Å². The van der Waals surface area contributed by atoms with Crippen LogP contribution in [-0.2, 0) is 6.54 Å². The largest absolute Gasteiger partial charge is 0.491 e. The van der Waals surface area contributed by atoms with Crippen LogP contribution in [0.3, 0.4) is 0 Å². The number of rotatable bonds is 6. The number of nitrogens with zero attached hydrogens (tertiary/aromatic N) is 3. The summed E-state index contributed by atoms with van der Waals surface area (Å²) in [5.41, 5.74) is 3.00. The molecule has 0 spiro atoms. The third-order valence-electron chi connectivity index (χ3n) is 3.60. The molecule has 1 N–H and O–H groups in total. The van der Waals surface area contributed by atoms with Gasteiger partial charge in [0.25, 0.3) is 5.69 Å². The summed E-state index contributed by atoms with van der Waals surface area (Å²) >= 11 is 0. The summed E-state index contributed by atoms with van der Waals surface area (Å²) in [4.78, 5) is 10.2. The fourth-order valence-corrected chi connectivity index (χ4v) is 2.10. The summed E-state index contributed by atoms with van der Waals surface area (Å²) in [5, 5.41) is 25.1. The van der Waals surface area contributed by atoms with E-state index in [0.29, 0.717) is 12.3 Å². The monoisotopic (exact) mass is 305 g/mol. The second kappa shape index (κ2) is 6.57. The van der Waals surface area contributed by atoms with Gasteiger partial charge in [0.05, 0.1) is 23.2 Å². The molecule has 0 aliphatic carbocycles. The molecule has 0 saturated carbocycles. The molecule has 0 radical (unpaired) electrons. The van der Waals surface area contributed by atoms with E-state index in [1.165, 1.54) is 12.1 Å². The summed E-state index contributed by atoms with van der Waals surface area (Å²) < 4.78 is 7.15. The summed E-state index contributed by atoms with van der Waals surface area (Å²) in [7, 11) is 0. The van der Waals surface area contributed by atoms with Crippen molar-refractivity contribution in [3.05, 3.63) is 51.3 Å². The molecule has 0 fully saturated rings. The van der Waals surface area contributed by atoms with Crippen molar-refractivity contribution in [2.75, 3.05) is 6.61 Å². The molecule has 0 saturated heterocycles. The minimum atomic E-state index is -0.753. The Balaban J connectivity index is 1.95. The Kier molecular flexibility index (Phi) is 4.77. The predicted molar refractivity (Wildman–Crippen MR) is 81.0 cm³/mol. The van der Waals surface area contributed by atoms with Crippen LogP contribution in [0.15, 0.2) is 24.3 Å². The number of nitro groups is 1. The van der Waals surface area contributed by atoms with Crippen LogP contribution < -0.4 is 4.74 Å². The Morgan fingerprint density at radius 2 is 2.14 bits per heavy atom. The van der Waals surface area contributed by atoms with Crippen LogP contribution in [-0.4, -0.2) is 32.5 Å². The lowest BCUT2D eigenvalue weighted by Gasteiger charge is -2.13. The lowest BCUT2D eigenvalue weighted by molar-refractivity contribution is -0.384. The third kappa shape index (κ3) is 3.62. The van der Waals surface area contributed by atoms with E-state index in [4.69, 9.17) is 4.74 Å². The molecule has 1 heterocycles. The Bertz CT molecular complexity index is 681. The molecule has 1 aromatic carbocycles. The Morgan fingerprint density at radius 1 is 1.41 bits per heavy atom. The molecular formula is C15H19N3O4. The molecule has 1 atom stereocenters. The first-order valence-corrected chi connectivity index (χ1v) is 6.94. The van der Waals surface area contributed by atoms with Crippen LogP contribution >= 0.6 is 0 Å². The minimum absolute atomic E-state index is 0.0402. The van der Waals surface area contributed by atoms with E-state index in [0.717, 1.165) is 17.0 Å². The van der Waals surface area contributed by atoms with Crippen LogP contribution in [0.1, 0.15) is 17.0 Å². The zero-order chi connectivity index (χ0) is 16.3. The SMILES string of the molecule is Cc1nn(C[C@H](O)COc2cccc([N+](=O)[O-])c2)c(C)c1C. The first-order valence-electron chi connectivity index (χ1n) is 6.94. The van der Waals surface area contributed by atoms with Gasteiger partial charge in [0, 0.05) is 11.8 Å². The molecule has 118 valence electrons. The van der Waals surface area contributed by atoms with Gasteiger partial charge in [-0.1, -0.05) is 6.07 Å². The smallest absolute Gasteiger partial charge is 0.273 e. The number of aromatic nitrogens is 2. The fraction of sp³-hybridized carbons (Fsp3) is 0.400. The number of hydrogen-bond acceptors (Lipinski definition) is 5. The maximum absolute atomic E-state index is 10.7. The summed E-state index contributed by atoms with van der Waals surface area (Å²) in [6.07, 6.45) is -0.753. The number of aliphatic hydroxyl groups is 1. The first-order chi connectivity index (χ1) is 10.4. The van der Waals surface area contributed by atoms with Gasteiger partial charge in [0.2, 0.25) is 0 Å². The molecule has 2 rings (SSSR count). The van der Waals surface area contributed by atoms with E-state index in [2.05, 4.69) is 5.10 Å². The topological polar surface area (TPSA) is 90.4 Å². The van der Waals surface area contributed by atoms with Crippen LogP contribution in [0.2, 0.25) is 0 Å². The first kappa shape index (κ1) is 16.0. The normalized spacial score (nSPS) is 12.2. The fourth-order valence-electron chi connectivity index (χ4n) is 2.10. The van der Waals surface area contributed by atoms with Crippen molar-refractivity contribution < 1.29 is 14.8 Å². The molecular weight excluding hydrogens is 286 g/mol. The van der Waals surface area contributed by atoms with Gasteiger partial charge in [-0.2, -0.15) is 5.10 Å². The second-order valence-electron chi connectivity index (χ2n) is 5.20. The maximum Gasteiger partial charge on any atom is 0.273 e. The molecule has 0 unspecified atom stereocenters. The molecule has 22 heavy (non-hydrogen) atoms. The van der Waals surface area contributed by atoms with E-state index in [-0.39, 0.29) is 12.3 Å². The van der Waals surface area contributed by atoms with Crippen molar-refractivity contribution in [1.82, 2.24) is 9.78 Å². The van der Waals surface area contributed by atoms with E-state index >= 15 is 0 Å². The molecule has 7 heteroatoms. The average molecular weight is 305 g/mol. The number of aliphatic hydroxyl groups excluding tert-OH is 1. The Morgan fingerprint density at radius 3 is 2.73 bits per heavy atom. The van der Waals surface area contributed by atoms with Gasteiger partial charge in [-0.05, 0) is 32.4 Å². The number of aryl methyl sites for hydroxylation is 1. The molecule has 0 aliphatic rings. The van der Waals surface area contributed by atoms with Crippen molar-refractivity contribution in [3.8, 4) is 5.75 Å². The van der Waals surface area contributed by atoms with Gasteiger partial charge in [-0.15, -0.1) is 0 Å². The number of non-ortho nitro benzene ring substituents is 1. The van der Waals surface area contributed by atoms with Gasteiger partial charge in [0.1, 0.15) is 18.5 Å². The minimum Gasteiger partial charge on any atom is -0.491 e. The van der Waals surface area contributed by atoms with Crippen molar-refractivity contribution in [1.29, 1.82) is 0 Å². The van der Waals surface area contributed by atoms with Crippen LogP contribution in [0.5, 0.6) is 5.75 Å². The molecule has 1 aromatic heterocycles. The Hall–Kier alpha value is -2.41. The maximum atomic E-state index is 10.7. The second-order valence-corrected chi connectivity index (χ2v) is 5.20. The van der Waals surface area contributed by atoms with Crippen molar-refractivity contribution >= 4 is 5.69 Å². The van der Waals surface area contributed by atoms with Crippen molar-refractivity contribution in [3.63, 3.8) is 0 Å². The van der Waals surface area contributed by atoms with E-state index < -0.39 is 11.0 Å². The molecule has 0 amide bonds. The lowest BCUT2D eigenvalue weighted by Crippen LogP contribution is -2.24. The van der Waals surface area contributed by atoms with Crippen molar-refractivity contribution in [2.45, 2.75) is 33.4 Å². The van der Waals surface area contributed by atoms with Gasteiger partial charge < -0.3 is 9.84 Å². The average Bonchev–Trinajstić information content (AvgIpc) is 2.73. The number of ether oxygens (including phenoxy) is 1. The Labute approximate surface area is 128 Å². The van der Waals surface area contributed by atoms with Gasteiger partial charge >= 0.3 is 0 Å². The van der Waals surface area contributed by atoms with E-state index in [9.17, 15) is 15.2 Å². The number of nitro benzene ring substituents is 1. The standard InChI is InChI=1S/C15H19N3O4/c1-10-11(2)16-17(12(10)3)8-14(19)9-22-15-6-4-5-13(7-15)18(20)21/h4-7,14,19H,8-9H2,1-3H3/t14-/m0/s1. The van der Waals surface area contributed by atoms with Gasteiger partial charge in [-0.3, -0.25) is 14.8 Å². The summed E-state index contributed by atoms with van der Waals surface area (Å²) in [6.45, 7) is 6.21. The van der Waals surface area contributed by atoms with Crippen LogP contribution in [0.25, 0.3) is 0 Å². The van der Waals surface area contributed by atoms with E-state index in [1.54, 1.807) is 16.8 Å². The van der Waals surface area contributed by atoms with Gasteiger partial charge in [-0.25, -0.2) is 0 Å².